The molecule has 0 aliphatic rings. The van der Waals surface area contributed by atoms with Crippen LogP contribution in [0.5, 0.6) is 0 Å². The molecule has 2 aromatic rings. The second-order valence-electron chi connectivity index (χ2n) is 5.17. The predicted octanol–water partition coefficient (Wildman–Crippen LogP) is 3.28. The summed E-state index contributed by atoms with van der Waals surface area (Å²) in [6, 6.07) is 11.3. The van der Waals surface area contributed by atoms with E-state index in [4.69, 9.17) is 4.74 Å². The van der Waals surface area contributed by atoms with Gasteiger partial charge in [-0.15, -0.1) is 0 Å². The molecule has 0 fully saturated rings. The van der Waals surface area contributed by atoms with Crippen molar-refractivity contribution in [2.24, 2.45) is 0 Å². The Kier molecular flexibility index (Phi) is 5.05. The van der Waals surface area contributed by atoms with Crippen molar-refractivity contribution in [3.05, 3.63) is 59.2 Å². The van der Waals surface area contributed by atoms with Crippen molar-refractivity contribution < 1.29 is 17.9 Å². The van der Waals surface area contributed by atoms with E-state index in [2.05, 4.69) is 4.72 Å². The number of ether oxygens (including phenoxy) is 1. The Balaban J connectivity index is 2.33. The molecule has 23 heavy (non-hydrogen) atoms. The lowest BCUT2D eigenvalue weighted by molar-refractivity contribution is 0.0526. The van der Waals surface area contributed by atoms with E-state index in [1.165, 1.54) is 6.07 Å². The average molecular weight is 333 g/mol. The largest absolute Gasteiger partial charge is 0.462 e. The van der Waals surface area contributed by atoms with E-state index in [1.54, 1.807) is 50.2 Å². The summed E-state index contributed by atoms with van der Waals surface area (Å²) in [5, 5.41) is 0. The third-order valence-electron chi connectivity index (χ3n) is 3.32. The first kappa shape index (κ1) is 17.0. The van der Waals surface area contributed by atoms with Crippen LogP contribution in [0, 0.1) is 13.8 Å². The van der Waals surface area contributed by atoms with Gasteiger partial charge in [0.15, 0.2) is 0 Å². The molecule has 0 radical (unpaired) electrons. The maximum absolute atomic E-state index is 12.4. The van der Waals surface area contributed by atoms with Crippen LogP contribution >= 0.6 is 0 Å². The third kappa shape index (κ3) is 4.10. The van der Waals surface area contributed by atoms with Gasteiger partial charge < -0.3 is 4.74 Å². The molecule has 2 aromatic carbocycles. The number of nitrogens with one attached hydrogen (secondary N) is 1. The quantitative estimate of drug-likeness (QED) is 0.852. The molecule has 1 N–H and O–H groups in total. The number of hydrogen-bond acceptors (Lipinski definition) is 4. The van der Waals surface area contributed by atoms with Gasteiger partial charge >= 0.3 is 5.97 Å². The van der Waals surface area contributed by atoms with Crippen LogP contribution in [0.4, 0.5) is 5.69 Å². The predicted molar refractivity (Wildman–Crippen MR) is 89.1 cm³/mol. The number of carbonyl (C=O) groups is 1. The fraction of sp³-hybridized carbons (Fsp3) is 0.235. The van der Waals surface area contributed by atoms with Gasteiger partial charge in [-0.1, -0.05) is 23.8 Å². The summed E-state index contributed by atoms with van der Waals surface area (Å²) in [7, 11) is -3.71. The molecule has 122 valence electrons. The smallest absolute Gasteiger partial charge is 0.338 e. The molecular formula is C17H19NO4S. The van der Waals surface area contributed by atoms with Crippen molar-refractivity contribution in [3.63, 3.8) is 0 Å². The van der Waals surface area contributed by atoms with Gasteiger partial charge in [0.1, 0.15) is 0 Å². The van der Waals surface area contributed by atoms with E-state index in [1.807, 2.05) is 6.92 Å². The Bertz CT molecular complexity index is 811. The molecule has 0 aromatic heterocycles. The van der Waals surface area contributed by atoms with Gasteiger partial charge in [0.05, 0.1) is 22.8 Å². The van der Waals surface area contributed by atoms with Crippen LogP contribution in [0.25, 0.3) is 0 Å². The first-order valence-electron chi connectivity index (χ1n) is 7.21. The van der Waals surface area contributed by atoms with Gasteiger partial charge in [-0.05, 0) is 50.6 Å². The first-order chi connectivity index (χ1) is 10.8. The number of aryl methyl sites for hydroxylation is 2. The topological polar surface area (TPSA) is 72.5 Å². The number of anilines is 1. The van der Waals surface area contributed by atoms with E-state index in [0.29, 0.717) is 16.8 Å². The molecule has 0 aliphatic heterocycles. The van der Waals surface area contributed by atoms with Crippen molar-refractivity contribution in [1.82, 2.24) is 0 Å². The molecule has 0 saturated heterocycles. The van der Waals surface area contributed by atoms with Crippen molar-refractivity contribution in [2.75, 3.05) is 11.3 Å². The lowest BCUT2D eigenvalue weighted by Crippen LogP contribution is -2.14. The lowest BCUT2D eigenvalue weighted by atomic mass is 10.1. The minimum absolute atomic E-state index is 0.170. The maximum Gasteiger partial charge on any atom is 0.338 e. The zero-order valence-corrected chi connectivity index (χ0v) is 14.1. The van der Waals surface area contributed by atoms with Crippen molar-refractivity contribution >= 4 is 21.7 Å². The molecule has 0 atom stereocenters. The molecular weight excluding hydrogens is 314 g/mol. The lowest BCUT2D eigenvalue weighted by Gasteiger charge is -2.12. The Hall–Kier alpha value is -2.34. The summed E-state index contributed by atoms with van der Waals surface area (Å²) in [5.74, 6) is -0.483. The van der Waals surface area contributed by atoms with Crippen LogP contribution in [-0.2, 0) is 14.8 Å². The van der Waals surface area contributed by atoms with Crippen molar-refractivity contribution in [3.8, 4) is 0 Å². The highest BCUT2D eigenvalue weighted by molar-refractivity contribution is 7.92. The zero-order chi connectivity index (χ0) is 17.0. The summed E-state index contributed by atoms with van der Waals surface area (Å²) in [6.07, 6.45) is 0. The van der Waals surface area contributed by atoms with Crippen LogP contribution in [0.1, 0.15) is 28.4 Å². The van der Waals surface area contributed by atoms with Gasteiger partial charge in [-0.25, -0.2) is 13.2 Å². The summed E-state index contributed by atoms with van der Waals surface area (Å²) >= 11 is 0. The third-order valence-corrected chi connectivity index (χ3v) is 4.71. The summed E-state index contributed by atoms with van der Waals surface area (Å²) in [5.41, 5.74) is 2.35. The normalized spacial score (nSPS) is 11.1. The Morgan fingerprint density at radius 1 is 1.09 bits per heavy atom. The first-order valence-corrected chi connectivity index (χ1v) is 8.69. The number of carbonyl (C=O) groups excluding carboxylic acids is 1. The fourth-order valence-electron chi connectivity index (χ4n) is 1.99. The van der Waals surface area contributed by atoms with E-state index < -0.39 is 16.0 Å². The minimum atomic E-state index is -3.71. The SMILES string of the molecule is CCOC(=O)c1ccc(C)c(NS(=O)(=O)c2ccc(C)cc2)c1. The molecule has 0 aliphatic carbocycles. The molecule has 2 rings (SSSR count). The van der Waals surface area contributed by atoms with Gasteiger partial charge in [0, 0.05) is 0 Å². The van der Waals surface area contributed by atoms with Crippen LogP contribution < -0.4 is 4.72 Å². The highest BCUT2D eigenvalue weighted by Gasteiger charge is 2.16. The average Bonchev–Trinajstić information content (AvgIpc) is 2.50. The summed E-state index contributed by atoms with van der Waals surface area (Å²) < 4.78 is 32.3. The minimum Gasteiger partial charge on any atom is -0.462 e. The van der Waals surface area contributed by atoms with Crippen LogP contribution in [-0.4, -0.2) is 21.0 Å². The molecule has 6 heteroatoms. The van der Waals surface area contributed by atoms with Crippen LogP contribution in [0.3, 0.4) is 0 Å². The number of esters is 1. The highest BCUT2D eigenvalue weighted by atomic mass is 32.2. The fourth-order valence-corrected chi connectivity index (χ4v) is 3.12. The van der Waals surface area contributed by atoms with Crippen LogP contribution in [0.2, 0.25) is 0 Å². The molecule has 0 saturated carbocycles. The zero-order valence-electron chi connectivity index (χ0n) is 13.3. The molecule has 0 spiro atoms. The second-order valence-corrected chi connectivity index (χ2v) is 6.85. The second kappa shape index (κ2) is 6.83. The summed E-state index contributed by atoms with van der Waals surface area (Å²) in [6.45, 7) is 5.63. The molecule has 0 heterocycles. The van der Waals surface area contributed by atoms with Gasteiger partial charge in [0.25, 0.3) is 10.0 Å². The van der Waals surface area contributed by atoms with Crippen LogP contribution in [0.15, 0.2) is 47.4 Å². The van der Waals surface area contributed by atoms with Gasteiger partial charge in [-0.2, -0.15) is 0 Å². The Morgan fingerprint density at radius 2 is 1.74 bits per heavy atom. The number of sulfonamides is 1. The number of benzene rings is 2. The number of rotatable bonds is 5. The van der Waals surface area contributed by atoms with Gasteiger partial charge in [0.2, 0.25) is 0 Å². The molecule has 0 bridgehead atoms. The monoisotopic (exact) mass is 333 g/mol. The van der Waals surface area contributed by atoms with Gasteiger partial charge in [-0.3, -0.25) is 4.72 Å². The summed E-state index contributed by atoms with van der Waals surface area (Å²) in [4.78, 5) is 12.0. The number of hydrogen-bond donors (Lipinski definition) is 1. The molecule has 0 amide bonds. The van der Waals surface area contributed by atoms with Crippen molar-refractivity contribution in [1.29, 1.82) is 0 Å². The van der Waals surface area contributed by atoms with Crippen molar-refractivity contribution in [2.45, 2.75) is 25.7 Å². The Labute approximate surface area is 136 Å². The van der Waals surface area contributed by atoms with E-state index in [-0.39, 0.29) is 11.5 Å². The Morgan fingerprint density at radius 3 is 2.35 bits per heavy atom. The molecule has 5 nitrogen and oxygen atoms in total. The standard InChI is InChI=1S/C17H19NO4S/c1-4-22-17(19)14-8-7-13(3)16(11-14)18-23(20,21)15-9-5-12(2)6-10-15/h5-11,18H,4H2,1-3H3. The maximum atomic E-state index is 12.4. The van der Waals surface area contributed by atoms with E-state index >= 15 is 0 Å². The van der Waals surface area contributed by atoms with E-state index in [0.717, 1.165) is 5.56 Å². The highest BCUT2D eigenvalue weighted by Crippen LogP contribution is 2.22. The molecule has 0 unspecified atom stereocenters. The van der Waals surface area contributed by atoms with E-state index in [9.17, 15) is 13.2 Å².